The minimum absolute atomic E-state index is 0.0627. The second-order valence-electron chi connectivity index (χ2n) is 7.75. The number of hydrogen-bond donors (Lipinski definition) is 1. The van der Waals surface area contributed by atoms with Crippen molar-refractivity contribution in [1.29, 1.82) is 0 Å². The zero-order chi connectivity index (χ0) is 20.4. The van der Waals surface area contributed by atoms with E-state index in [0.717, 1.165) is 37.0 Å². The van der Waals surface area contributed by atoms with Gasteiger partial charge in [-0.15, -0.1) is 10.2 Å². The van der Waals surface area contributed by atoms with Crippen molar-refractivity contribution in [3.05, 3.63) is 54.4 Å². The van der Waals surface area contributed by atoms with Gasteiger partial charge in [0.25, 0.3) is 5.79 Å². The molecule has 5 rings (SSSR count). The Labute approximate surface area is 174 Å². The number of fused-ring (bicyclic) bond motifs is 1. The lowest BCUT2D eigenvalue weighted by atomic mass is 10.2. The molecule has 1 amide bonds. The number of nitrogens with one attached hydrogen (secondary N) is 1. The van der Waals surface area contributed by atoms with Gasteiger partial charge in [-0.1, -0.05) is 18.2 Å². The molecule has 1 N–H and O–H groups in total. The van der Waals surface area contributed by atoms with Crippen molar-refractivity contribution in [2.45, 2.75) is 50.7 Å². The van der Waals surface area contributed by atoms with E-state index in [1.165, 1.54) is 0 Å². The highest BCUT2D eigenvalue weighted by atomic mass is 16.7. The van der Waals surface area contributed by atoms with Crippen LogP contribution in [0.2, 0.25) is 0 Å². The van der Waals surface area contributed by atoms with Crippen LogP contribution in [0.5, 0.6) is 11.5 Å². The molecule has 0 saturated heterocycles. The van der Waals surface area contributed by atoms with Gasteiger partial charge in [-0.2, -0.15) is 0 Å². The molecule has 1 aliphatic carbocycles. The van der Waals surface area contributed by atoms with Crippen molar-refractivity contribution < 1.29 is 18.7 Å². The standard InChI is InChI=1S/C23H23N3O4/c27-20(9-6-10-21-25-26-22(28-21)16-7-2-1-3-8-16)24-17-11-12-18-19(15-17)30-23(29-18)13-4-5-14-23/h1-3,7-8,11-12,15H,4-6,9-10,13-14H2,(H,24,27). The largest absolute Gasteiger partial charge is 0.448 e. The van der Waals surface area contributed by atoms with Crippen molar-refractivity contribution in [3.8, 4) is 23.0 Å². The van der Waals surface area contributed by atoms with Crippen LogP contribution in [0.1, 0.15) is 44.4 Å². The summed E-state index contributed by atoms with van der Waals surface area (Å²) in [5.74, 6) is 1.93. The monoisotopic (exact) mass is 405 g/mol. The summed E-state index contributed by atoms with van der Waals surface area (Å²) in [6.45, 7) is 0. The molecular weight excluding hydrogens is 382 g/mol. The van der Waals surface area contributed by atoms with Crippen LogP contribution in [0.15, 0.2) is 52.9 Å². The minimum atomic E-state index is -0.492. The Morgan fingerprint density at radius 3 is 2.63 bits per heavy atom. The molecule has 1 aliphatic heterocycles. The first-order valence-electron chi connectivity index (χ1n) is 10.4. The van der Waals surface area contributed by atoms with Crippen LogP contribution in [0, 0.1) is 0 Å². The number of carbonyl (C=O) groups excluding carboxylic acids is 1. The maximum atomic E-state index is 12.3. The first-order chi connectivity index (χ1) is 14.7. The first-order valence-corrected chi connectivity index (χ1v) is 10.4. The molecule has 1 spiro atoms. The van der Waals surface area contributed by atoms with Gasteiger partial charge in [-0.05, 0) is 43.5 Å². The lowest BCUT2D eigenvalue weighted by molar-refractivity contribution is -0.116. The number of amides is 1. The van der Waals surface area contributed by atoms with E-state index < -0.39 is 5.79 Å². The number of carbonyl (C=O) groups is 1. The Balaban J connectivity index is 1.12. The summed E-state index contributed by atoms with van der Waals surface area (Å²) in [4.78, 5) is 12.3. The number of aromatic nitrogens is 2. The molecule has 154 valence electrons. The SMILES string of the molecule is O=C(CCCc1nnc(-c2ccccc2)o1)Nc1ccc2c(c1)OC1(CCCC1)O2. The molecule has 3 aromatic rings. The molecule has 2 heterocycles. The van der Waals surface area contributed by atoms with Gasteiger partial charge in [0.15, 0.2) is 11.5 Å². The third-order valence-electron chi connectivity index (χ3n) is 5.47. The summed E-state index contributed by atoms with van der Waals surface area (Å²) in [7, 11) is 0. The van der Waals surface area contributed by atoms with Crippen molar-refractivity contribution in [1.82, 2.24) is 10.2 Å². The number of anilines is 1. The van der Waals surface area contributed by atoms with Gasteiger partial charge in [0.1, 0.15) is 0 Å². The molecule has 7 nitrogen and oxygen atoms in total. The summed E-state index contributed by atoms with van der Waals surface area (Å²) in [5.41, 5.74) is 1.60. The molecule has 2 aliphatic rings. The predicted molar refractivity (Wildman–Crippen MR) is 110 cm³/mol. The average Bonchev–Trinajstić information content (AvgIpc) is 3.49. The molecule has 2 aromatic carbocycles. The predicted octanol–water partition coefficient (Wildman–Crippen LogP) is 4.74. The molecule has 1 aromatic heterocycles. The topological polar surface area (TPSA) is 86.5 Å². The zero-order valence-corrected chi connectivity index (χ0v) is 16.6. The number of hydrogen-bond acceptors (Lipinski definition) is 6. The van der Waals surface area contributed by atoms with Crippen LogP contribution in [-0.4, -0.2) is 21.9 Å². The maximum Gasteiger partial charge on any atom is 0.251 e. The van der Waals surface area contributed by atoms with E-state index in [1.54, 1.807) is 0 Å². The lowest BCUT2D eigenvalue weighted by Crippen LogP contribution is -2.34. The van der Waals surface area contributed by atoms with Crippen LogP contribution in [-0.2, 0) is 11.2 Å². The van der Waals surface area contributed by atoms with E-state index in [2.05, 4.69) is 15.5 Å². The molecule has 0 bridgehead atoms. The lowest BCUT2D eigenvalue weighted by Gasteiger charge is -2.21. The second kappa shape index (κ2) is 7.82. The van der Waals surface area contributed by atoms with E-state index in [0.29, 0.717) is 42.5 Å². The molecular formula is C23H23N3O4. The Morgan fingerprint density at radius 1 is 1.00 bits per heavy atom. The molecule has 1 fully saturated rings. The van der Waals surface area contributed by atoms with Crippen molar-refractivity contribution in [3.63, 3.8) is 0 Å². The van der Waals surface area contributed by atoms with Crippen molar-refractivity contribution in [2.75, 3.05) is 5.32 Å². The van der Waals surface area contributed by atoms with Crippen LogP contribution in [0.25, 0.3) is 11.5 Å². The minimum Gasteiger partial charge on any atom is -0.448 e. The first kappa shape index (κ1) is 18.7. The summed E-state index contributed by atoms with van der Waals surface area (Å²) >= 11 is 0. The van der Waals surface area contributed by atoms with Gasteiger partial charge in [0, 0.05) is 43.0 Å². The van der Waals surface area contributed by atoms with E-state index in [1.807, 2.05) is 48.5 Å². The van der Waals surface area contributed by atoms with Crippen LogP contribution >= 0.6 is 0 Å². The van der Waals surface area contributed by atoms with Gasteiger partial charge in [-0.3, -0.25) is 4.79 Å². The molecule has 0 radical (unpaired) electrons. The Kier molecular flexibility index (Phi) is 4.86. The zero-order valence-electron chi connectivity index (χ0n) is 16.6. The second-order valence-corrected chi connectivity index (χ2v) is 7.75. The van der Waals surface area contributed by atoms with E-state index in [-0.39, 0.29) is 5.91 Å². The van der Waals surface area contributed by atoms with Crippen molar-refractivity contribution in [2.24, 2.45) is 0 Å². The van der Waals surface area contributed by atoms with Gasteiger partial charge >= 0.3 is 0 Å². The van der Waals surface area contributed by atoms with Gasteiger partial charge in [0.2, 0.25) is 17.7 Å². The maximum absolute atomic E-state index is 12.3. The Bertz CT molecular complexity index is 1040. The summed E-state index contributed by atoms with van der Waals surface area (Å²) in [6.07, 6.45) is 5.58. The molecule has 0 atom stereocenters. The number of ether oxygens (including phenoxy) is 2. The Hall–Kier alpha value is -3.35. The summed E-state index contributed by atoms with van der Waals surface area (Å²) < 4.78 is 17.7. The van der Waals surface area contributed by atoms with Crippen LogP contribution in [0.4, 0.5) is 5.69 Å². The highest BCUT2D eigenvalue weighted by molar-refractivity contribution is 5.91. The van der Waals surface area contributed by atoms with Crippen molar-refractivity contribution >= 4 is 11.6 Å². The summed E-state index contributed by atoms with van der Waals surface area (Å²) in [5, 5.41) is 11.1. The van der Waals surface area contributed by atoms with Gasteiger partial charge in [0.05, 0.1) is 0 Å². The molecule has 0 unspecified atom stereocenters. The quantitative estimate of drug-likeness (QED) is 0.637. The number of nitrogens with zero attached hydrogens (tertiary/aromatic N) is 2. The molecule has 30 heavy (non-hydrogen) atoms. The Morgan fingerprint density at radius 2 is 1.80 bits per heavy atom. The van der Waals surface area contributed by atoms with Gasteiger partial charge < -0.3 is 19.2 Å². The number of aryl methyl sites for hydroxylation is 1. The highest BCUT2D eigenvalue weighted by Gasteiger charge is 2.44. The highest BCUT2D eigenvalue weighted by Crippen LogP contribution is 2.47. The third kappa shape index (κ3) is 3.87. The normalized spacial score (nSPS) is 16.1. The fraction of sp³-hybridized carbons (Fsp3) is 0.348. The van der Waals surface area contributed by atoms with Gasteiger partial charge in [-0.25, -0.2) is 0 Å². The fourth-order valence-corrected chi connectivity index (χ4v) is 3.96. The third-order valence-corrected chi connectivity index (χ3v) is 5.47. The van der Waals surface area contributed by atoms with E-state index in [4.69, 9.17) is 13.9 Å². The smallest absolute Gasteiger partial charge is 0.251 e. The molecule has 1 saturated carbocycles. The fourth-order valence-electron chi connectivity index (χ4n) is 3.96. The van der Waals surface area contributed by atoms with E-state index in [9.17, 15) is 4.79 Å². The number of rotatable bonds is 6. The average molecular weight is 405 g/mol. The number of benzene rings is 2. The van der Waals surface area contributed by atoms with Crippen LogP contribution in [0.3, 0.4) is 0 Å². The van der Waals surface area contributed by atoms with Crippen LogP contribution < -0.4 is 14.8 Å². The van der Waals surface area contributed by atoms with E-state index >= 15 is 0 Å². The molecule has 7 heteroatoms. The summed E-state index contributed by atoms with van der Waals surface area (Å²) in [6, 6.07) is 15.2.